The number of piperidine rings is 1. The van der Waals surface area contributed by atoms with E-state index in [4.69, 9.17) is 5.21 Å². The second kappa shape index (κ2) is 4.70. The first kappa shape index (κ1) is 8.97. The number of rotatable bonds is 3. The summed E-state index contributed by atoms with van der Waals surface area (Å²) in [5.41, 5.74) is 2.21. The zero-order valence-corrected chi connectivity index (χ0v) is 7.21. The van der Waals surface area contributed by atoms with E-state index in [9.17, 15) is 0 Å². The lowest BCUT2D eigenvalue weighted by Crippen LogP contribution is -2.31. The summed E-state index contributed by atoms with van der Waals surface area (Å²) < 4.78 is 0. The van der Waals surface area contributed by atoms with Crippen LogP contribution in [0.5, 0.6) is 0 Å². The zero-order chi connectivity index (χ0) is 8.10. The van der Waals surface area contributed by atoms with Crippen LogP contribution in [-0.4, -0.2) is 36.8 Å². The molecular weight excluding hydrogens is 140 g/mol. The van der Waals surface area contributed by atoms with Crippen molar-refractivity contribution in [2.45, 2.75) is 19.3 Å². The molecule has 0 bridgehead atoms. The molecule has 0 radical (unpaired) electrons. The zero-order valence-electron chi connectivity index (χ0n) is 7.21. The van der Waals surface area contributed by atoms with Crippen LogP contribution in [0.3, 0.4) is 0 Å². The average Bonchev–Trinajstić information content (AvgIpc) is 2.04. The van der Waals surface area contributed by atoms with Gasteiger partial charge in [-0.1, -0.05) is 0 Å². The van der Waals surface area contributed by atoms with Crippen LogP contribution in [0.2, 0.25) is 0 Å². The van der Waals surface area contributed by atoms with Gasteiger partial charge in [0.1, 0.15) is 0 Å². The van der Waals surface area contributed by atoms with Gasteiger partial charge in [-0.3, -0.25) is 0 Å². The molecule has 66 valence electrons. The quantitative estimate of drug-likeness (QED) is 0.593. The number of hydrogen-bond acceptors (Lipinski definition) is 3. The lowest BCUT2D eigenvalue weighted by atomic mass is 9.94. The molecule has 0 atom stereocenters. The third-order valence-corrected chi connectivity index (χ3v) is 2.50. The molecule has 0 aliphatic carbocycles. The Bertz CT molecular complexity index is 97.5. The molecule has 0 amide bonds. The molecule has 0 aromatic heterocycles. The smallest absolute Gasteiger partial charge is 0.0210 e. The van der Waals surface area contributed by atoms with Crippen molar-refractivity contribution in [3.8, 4) is 0 Å². The summed E-state index contributed by atoms with van der Waals surface area (Å²) in [4.78, 5) is 2.36. The standard InChI is InChI=1S/C8H18N2O/c1-10-6-3-8(4-7-10)2-5-9-11/h8-9,11H,2-7H2,1H3. The van der Waals surface area contributed by atoms with Crippen molar-refractivity contribution < 1.29 is 5.21 Å². The predicted molar refractivity (Wildman–Crippen MR) is 44.6 cm³/mol. The minimum atomic E-state index is 0.744. The second-order valence-corrected chi connectivity index (χ2v) is 3.44. The Morgan fingerprint density at radius 1 is 1.45 bits per heavy atom. The fourth-order valence-electron chi connectivity index (χ4n) is 1.62. The Labute approximate surface area is 68.3 Å². The van der Waals surface area contributed by atoms with Gasteiger partial charge in [0.05, 0.1) is 0 Å². The Hall–Kier alpha value is -0.120. The minimum absolute atomic E-state index is 0.744. The van der Waals surface area contributed by atoms with Crippen LogP contribution in [-0.2, 0) is 0 Å². The molecule has 3 heteroatoms. The first-order valence-electron chi connectivity index (χ1n) is 4.38. The van der Waals surface area contributed by atoms with Crippen LogP contribution >= 0.6 is 0 Å². The van der Waals surface area contributed by atoms with Gasteiger partial charge in [0.25, 0.3) is 0 Å². The first-order chi connectivity index (χ1) is 5.33. The summed E-state index contributed by atoms with van der Waals surface area (Å²) in [6, 6.07) is 0. The van der Waals surface area contributed by atoms with E-state index in [1.807, 2.05) is 0 Å². The van der Waals surface area contributed by atoms with Gasteiger partial charge in [0.15, 0.2) is 0 Å². The summed E-state index contributed by atoms with van der Waals surface area (Å²) in [7, 11) is 2.17. The summed E-state index contributed by atoms with van der Waals surface area (Å²) in [6.45, 7) is 3.18. The SMILES string of the molecule is CN1CCC(CCNO)CC1. The fourth-order valence-corrected chi connectivity index (χ4v) is 1.62. The number of nitrogens with one attached hydrogen (secondary N) is 1. The van der Waals surface area contributed by atoms with E-state index >= 15 is 0 Å². The average molecular weight is 158 g/mol. The molecule has 1 rings (SSSR count). The lowest BCUT2D eigenvalue weighted by molar-refractivity contribution is 0.145. The van der Waals surface area contributed by atoms with E-state index < -0.39 is 0 Å². The minimum Gasteiger partial charge on any atom is -0.317 e. The van der Waals surface area contributed by atoms with Gasteiger partial charge < -0.3 is 10.1 Å². The van der Waals surface area contributed by atoms with Gasteiger partial charge in [-0.15, -0.1) is 0 Å². The van der Waals surface area contributed by atoms with E-state index in [1.165, 1.54) is 25.9 Å². The number of hydrogen-bond donors (Lipinski definition) is 2. The van der Waals surface area contributed by atoms with Crippen LogP contribution < -0.4 is 5.48 Å². The number of hydroxylamine groups is 1. The topological polar surface area (TPSA) is 35.5 Å². The molecule has 0 spiro atoms. The van der Waals surface area contributed by atoms with E-state index in [2.05, 4.69) is 17.4 Å². The highest BCUT2D eigenvalue weighted by Crippen LogP contribution is 2.18. The Morgan fingerprint density at radius 2 is 2.09 bits per heavy atom. The highest BCUT2D eigenvalue weighted by molar-refractivity contribution is 4.69. The summed E-state index contributed by atoms with van der Waals surface area (Å²) in [6.07, 6.45) is 3.70. The Kier molecular flexibility index (Phi) is 3.83. The van der Waals surface area contributed by atoms with Gasteiger partial charge in [-0.2, -0.15) is 0 Å². The van der Waals surface area contributed by atoms with Crippen LogP contribution in [0.1, 0.15) is 19.3 Å². The Morgan fingerprint density at radius 3 is 2.64 bits per heavy atom. The maximum Gasteiger partial charge on any atom is 0.0210 e. The summed E-state index contributed by atoms with van der Waals surface area (Å²) in [5.74, 6) is 0.825. The molecule has 1 heterocycles. The van der Waals surface area contributed by atoms with Crippen molar-refractivity contribution in [2.24, 2.45) is 5.92 Å². The van der Waals surface area contributed by atoms with E-state index in [0.29, 0.717) is 0 Å². The molecule has 1 aliphatic heterocycles. The molecule has 0 saturated carbocycles. The molecule has 0 aromatic rings. The van der Waals surface area contributed by atoms with Crippen LogP contribution in [0.4, 0.5) is 0 Å². The van der Waals surface area contributed by atoms with Gasteiger partial charge >= 0.3 is 0 Å². The summed E-state index contributed by atoms with van der Waals surface area (Å²) >= 11 is 0. The molecule has 3 nitrogen and oxygen atoms in total. The fraction of sp³-hybridized carbons (Fsp3) is 1.00. The van der Waals surface area contributed by atoms with Gasteiger partial charge in [0, 0.05) is 6.54 Å². The second-order valence-electron chi connectivity index (χ2n) is 3.44. The number of nitrogens with zero attached hydrogens (tertiary/aromatic N) is 1. The molecule has 0 unspecified atom stereocenters. The van der Waals surface area contributed by atoms with Crippen molar-refractivity contribution in [1.82, 2.24) is 10.4 Å². The predicted octanol–water partition coefficient (Wildman–Crippen LogP) is 0.697. The molecule has 1 saturated heterocycles. The highest BCUT2D eigenvalue weighted by atomic mass is 16.5. The first-order valence-corrected chi connectivity index (χ1v) is 4.38. The molecular formula is C8H18N2O. The van der Waals surface area contributed by atoms with Crippen molar-refractivity contribution >= 4 is 0 Å². The Balaban J connectivity index is 2.07. The molecule has 2 N–H and O–H groups in total. The lowest BCUT2D eigenvalue weighted by Gasteiger charge is -2.28. The molecule has 11 heavy (non-hydrogen) atoms. The van der Waals surface area contributed by atoms with E-state index in [0.717, 1.165) is 18.9 Å². The van der Waals surface area contributed by atoms with Gasteiger partial charge in [0.2, 0.25) is 0 Å². The molecule has 0 aromatic carbocycles. The third-order valence-electron chi connectivity index (χ3n) is 2.50. The van der Waals surface area contributed by atoms with Crippen LogP contribution in [0, 0.1) is 5.92 Å². The van der Waals surface area contributed by atoms with E-state index in [-0.39, 0.29) is 0 Å². The molecule has 1 aliphatic rings. The van der Waals surface area contributed by atoms with E-state index in [1.54, 1.807) is 0 Å². The maximum atomic E-state index is 8.39. The molecule has 1 fully saturated rings. The third kappa shape index (κ3) is 3.18. The van der Waals surface area contributed by atoms with Crippen LogP contribution in [0.25, 0.3) is 0 Å². The monoisotopic (exact) mass is 158 g/mol. The van der Waals surface area contributed by atoms with Crippen molar-refractivity contribution in [3.05, 3.63) is 0 Å². The van der Waals surface area contributed by atoms with Crippen LogP contribution in [0.15, 0.2) is 0 Å². The maximum absolute atomic E-state index is 8.39. The summed E-state index contributed by atoms with van der Waals surface area (Å²) in [5, 5.41) is 8.39. The largest absolute Gasteiger partial charge is 0.317 e. The van der Waals surface area contributed by atoms with Gasteiger partial charge in [-0.05, 0) is 45.3 Å². The number of likely N-dealkylation sites (tertiary alicyclic amines) is 1. The normalized spacial score (nSPS) is 22.4. The van der Waals surface area contributed by atoms with Crippen molar-refractivity contribution in [2.75, 3.05) is 26.7 Å². The van der Waals surface area contributed by atoms with Crippen molar-refractivity contribution in [3.63, 3.8) is 0 Å². The van der Waals surface area contributed by atoms with Gasteiger partial charge in [-0.25, -0.2) is 5.48 Å². The van der Waals surface area contributed by atoms with Crippen molar-refractivity contribution in [1.29, 1.82) is 0 Å². The highest BCUT2D eigenvalue weighted by Gasteiger charge is 2.15.